The highest BCUT2D eigenvalue weighted by Crippen LogP contribution is 2.46. The van der Waals surface area contributed by atoms with Gasteiger partial charge >= 0.3 is 0 Å². The van der Waals surface area contributed by atoms with Crippen molar-refractivity contribution in [3.8, 4) is 17.2 Å². The zero-order valence-electron chi connectivity index (χ0n) is 17.5. The van der Waals surface area contributed by atoms with E-state index in [2.05, 4.69) is 10.0 Å². The van der Waals surface area contributed by atoms with Gasteiger partial charge in [0.15, 0.2) is 11.5 Å². The van der Waals surface area contributed by atoms with Gasteiger partial charge in [0.25, 0.3) is 5.79 Å². The molecule has 1 fully saturated rings. The number of nitrogens with one attached hydrogen (secondary N) is 2. The summed E-state index contributed by atoms with van der Waals surface area (Å²) in [6.07, 6.45) is 4.98. The van der Waals surface area contributed by atoms with E-state index in [9.17, 15) is 13.2 Å². The fraction of sp³-hybridized carbons (Fsp3) is 0.409. The van der Waals surface area contributed by atoms with Crippen molar-refractivity contribution in [1.82, 2.24) is 4.72 Å². The average molecular weight is 447 g/mol. The number of hydrogen-bond acceptors (Lipinski definition) is 6. The van der Waals surface area contributed by atoms with Crippen LogP contribution in [0.4, 0.5) is 5.69 Å². The monoisotopic (exact) mass is 446 g/mol. The Morgan fingerprint density at radius 1 is 1.03 bits per heavy atom. The van der Waals surface area contributed by atoms with Gasteiger partial charge in [0.1, 0.15) is 5.75 Å². The van der Waals surface area contributed by atoms with E-state index >= 15 is 0 Å². The molecule has 8 nitrogen and oxygen atoms in total. The van der Waals surface area contributed by atoms with Crippen molar-refractivity contribution in [2.24, 2.45) is 0 Å². The lowest BCUT2D eigenvalue weighted by Crippen LogP contribution is -2.41. The highest BCUT2D eigenvalue weighted by molar-refractivity contribution is 7.89. The third-order valence-electron chi connectivity index (χ3n) is 5.51. The zero-order valence-corrected chi connectivity index (χ0v) is 18.3. The number of methoxy groups -OCH3 is 1. The fourth-order valence-corrected chi connectivity index (χ4v) is 5.03. The highest BCUT2D eigenvalue weighted by Gasteiger charge is 2.42. The van der Waals surface area contributed by atoms with Crippen molar-refractivity contribution in [2.75, 3.05) is 12.4 Å². The molecule has 2 aromatic rings. The molecule has 0 unspecified atom stereocenters. The standard InChI is InChI=1S/C22H26N2O6S/c1-15(24-31(26,27)18-9-7-17(28-2)8-10-18)21(25)23-16-6-11-19-20(14-16)30-22(29-19)12-4-3-5-13-22/h6-11,14-15,24H,3-5,12-13H2,1-2H3,(H,23,25)/t15-/m0/s1. The van der Waals surface area contributed by atoms with Gasteiger partial charge in [-0.15, -0.1) is 0 Å². The Kier molecular flexibility index (Phi) is 5.81. The smallest absolute Gasteiger partial charge is 0.251 e. The molecule has 1 aliphatic carbocycles. The number of benzene rings is 2. The van der Waals surface area contributed by atoms with Crippen LogP contribution in [0.3, 0.4) is 0 Å². The maximum Gasteiger partial charge on any atom is 0.251 e. The van der Waals surface area contributed by atoms with Gasteiger partial charge < -0.3 is 19.5 Å². The van der Waals surface area contributed by atoms with E-state index in [-0.39, 0.29) is 4.90 Å². The second-order valence-corrected chi connectivity index (χ2v) is 9.56. The molecule has 4 rings (SSSR count). The number of ether oxygens (including phenoxy) is 3. The lowest BCUT2D eigenvalue weighted by Gasteiger charge is -2.31. The maximum absolute atomic E-state index is 12.6. The van der Waals surface area contributed by atoms with Gasteiger partial charge in [-0.2, -0.15) is 4.72 Å². The molecular formula is C22H26N2O6S. The summed E-state index contributed by atoms with van der Waals surface area (Å²) in [5.74, 6) is 0.718. The molecule has 1 spiro atoms. The van der Waals surface area contributed by atoms with Crippen LogP contribution >= 0.6 is 0 Å². The number of fused-ring (bicyclic) bond motifs is 1. The lowest BCUT2D eigenvalue weighted by molar-refractivity contribution is -0.117. The quantitative estimate of drug-likeness (QED) is 0.705. The number of rotatable bonds is 6. The molecule has 2 N–H and O–H groups in total. The van der Waals surface area contributed by atoms with Crippen molar-refractivity contribution in [3.63, 3.8) is 0 Å². The van der Waals surface area contributed by atoms with Crippen LogP contribution in [0.1, 0.15) is 39.0 Å². The van der Waals surface area contributed by atoms with E-state index < -0.39 is 27.8 Å². The lowest BCUT2D eigenvalue weighted by atomic mass is 9.94. The van der Waals surface area contributed by atoms with E-state index in [0.29, 0.717) is 22.9 Å². The van der Waals surface area contributed by atoms with Crippen molar-refractivity contribution >= 4 is 21.6 Å². The summed E-state index contributed by atoms with van der Waals surface area (Å²) < 4.78 is 44.7. The largest absolute Gasteiger partial charge is 0.497 e. The molecule has 1 amide bonds. The van der Waals surface area contributed by atoms with E-state index in [1.807, 2.05) is 0 Å². The predicted molar refractivity (Wildman–Crippen MR) is 115 cm³/mol. The van der Waals surface area contributed by atoms with Crippen LogP contribution in [0.2, 0.25) is 0 Å². The van der Waals surface area contributed by atoms with Crippen molar-refractivity contribution in [1.29, 1.82) is 0 Å². The summed E-state index contributed by atoms with van der Waals surface area (Å²) in [6.45, 7) is 1.49. The summed E-state index contributed by atoms with van der Waals surface area (Å²) >= 11 is 0. The van der Waals surface area contributed by atoms with Gasteiger partial charge in [-0.3, -0.25) is 4.79 Å². The summed E-state index contributed by atoms with van der Waals surface area (Å²) in [6, 6.07) is 10.1. The van der Waals surface area contributed by atoms with E-state index in [0.717, 1.165) is 25.7 Å². The summed E-state index contributed by atoms with van der Waals surface area (Å²) in [7, 11) is -2.36. The molecule has 1 atom stereocenters. The molecule has 1 saturated carbocycles. The molecular weight excluding hydrogens is 420 g/mol. The molecule has 1 heterocycles. The van der Waals surface area contributed by atoms with Gasteiger partial charge in [0.2, 0.25) is 15.9 Å². The Labute approximate surface area is 181 Å². The zero-order chi connectivity index (χ0) is 22.1. The second kappa shape index (κ2) is 8.39. The molecule has 31 heavy (non-hydrogen) atoms. The van der Waals surface area contributed by atoms with Crippen molar-refractivity contribution < 1.29 is 27.4 Å². The van der Waals surface area contributed by atoms with E-state index in [1.165, 1.54) is 32.6 Å². The molecule has 2 aromatic carbocycles. The van der Waals surface area contributed by atoms with Crippen LogP contribution in [0, 0.1) is 0 Å². The summed E-state index contributed by atoms with van der Waals surface area (Å²) in [4.78, 5) is 12.6. The Balaban J connectivity index is 1.40. The fourth-order valence-electron chi connectivity index (χ4n) is 3.83. The SMILES string of the molecule is COc1ccc(S(=O)(=O)N[C@@H](C)C(=O)Nc2ccc3c(c2)OC2(CCCCC2)O3)cc1. The first kappa shape index (κ1) is 21.5. The minimum absolute atomic E-state index is 0.0498. The first-order chi connectivity index (χ1) is 14.8. The minimum atomic E-state index is -3.86. The molecule has 0 radical (unpaired) electrons. The Hall–Kier alpha value is -2.78. The molecule has 0 bridgehead atoms. The van der Waals surface area contributed by atoms with Crippen LogP contribution in [0.5, 0.6) is 17.2 Å². The molecule has 2 aliphatic rings. The molecule has 166 valence electrons. The van der Waals surface area contributed by atoms with Gasteiger partial charge in [-0.05, 0) is 56.2 Å². The highest BCUT2D eigenvalue weighted by atomic mass is 32.2. The topological polar surface area (TPSA) is 103 Å². The molecule has 1 aliphatic heterocycles. The van der Waals surface area contributed by atoms with Gasteiger partial charge in [-0.1, -0.05) is 6.42 Å². The average Bonchev–Trinajstić information content (AvgIpc) is 3.10. The van der Waals surface area contributed by atoms with Crippen LogP contribution in [0.15, 0.2) is 47.4 Å². The normalized spacial score (nSPS) is 17.9. The maximum atomic E-state index is 12.6. The Morgan fingerprint density at radius 3 is 2.39 bits per heavy atom. The van der Waals surface area contributed by atoms with Gasteiger partial charge in [-0.25, -0.2) is 8.42 Å². The van der Waals surface area contributed by atoms with Gasteiger partial charge in [0, 0.05) is 24.6 Å². The first-order valence-corrected chi connectivity index (χ1v) is 11.8. The number of sulfonamides is 1. The molecule has 9 heteroatoms. The number of anilines is 1. The Bertz CT molecular complexity index is 1060. The van der Waals surface area contributed by atoms with Crippen LogP contribution in [0.25, 0.3) is 0 Å². The van der Waals surface area contributed by atoms with Gasteiger partial charge in [0.05, 0.1) is 18.0 Å². The predicted octanol–water partition coefficient (Wildman–Crippen LogP) is 3.43. The van der Waals surface area contributed by atoms with Crippen LogP contribution in [-0.4, -0.2) is 33.3 Å². The van der Waals surface area contributed by atoms with E-state index in [4.69, 9.17) is 14.2 Å². The molecule has 0 saturated heterocycles. The number of carbonyl (C=O) groups is 1. The first-order valence-electron chi connectivity index (χ1n) is 10.3. The molecule has 0 aromatic heterocycles. The van der Waals surface area contributed by atoms with Crippen LogP contribution < -0.4 is 24.2 Å². The number of hydrogen-bond donors (Lipinski definition) is 2. The van der Waals surface area contributed by atoms with E-state index in [1.54, 1.807) is 30.3 Å². The van der Waals surface area contributed by atoms with Crippen LogP contribution in [-0.2, 0) is 14.8 Å². The second-order valence-electron chi connectivity index (χ2n) is 7.84. The number of amides is 1. The third-order valence-corrected chi connectivity index (χ3v) is 7.07. The minimum Gasteiger partial charge on any atom is -0.497 e. The summed E-state index contributed by atoms with van der Waals surface area (Å²) in [5, 5.41) is 2.73. The summed E-state index contributed by atoms with van der Waals surface area (Å²) in [5.41, 5.74) is 0.510. The number of carbonyl (C=O) groups excluding carboxylic acids is 1. The Morgan fingerprint density at radius 2 is 1.71 bits per heavy atom. The van der Waals surface area contributed by atoms with Crippen molar-refractivity contribution in [2.45, 2.75) is 55.8 Å². The van der Waals surface area contributed by atoms with Crippen molar-refractivity contribution in [3.05, 3.63) is 42.5 Å². The third kappa shape index (κ3) is 4.62.